The third-order valence-corrected chi connectivity index (χ3v) is 2.75. The van der Waals surface area contributed by atoms with Gasteiger partial charge in [0.15, 0.2) is 0 Å². The number of hydrogen-bond acceptors (Lipinski definition) is 2. The number of fused-ring (bicyclic) bond motifs is 1. The molecule has 0 fully saturated rings. The monoisotopic (exact) mass is 245 g/mol. The fraction of sp³-hybridized carbons (Fsp3) is 0. The summed E-state index contributed by atoms with van der Waals surface area (Å²) in [6.07, 6.45) is 1.64. The number of H-pyrrole nitrogens is 2. The molecule has 0 atom stereocenters. The molecule has 90 valence electrons. The first-order valence-corrected chi connectivity index (χ1v) is 5.21. The summed E-state index contributed by atoms with van der Waals surface area (Å²) in [6.45, 7) is 0. The first kappa shape index (κ1) is 10.5. The molecule has 0 spiro atoms. The predicted octanol–water partition coefficient (Wildman–Crippen LogP) is 2.40. The van der Waals surface area contributed by atoms with E-state index in [0.29, 0.717) is 10.9 Å². The lowest BCUT2D eigenvalue weighted by Crippen LogP contribution is -1.95. The van der Waals surface area contributed by atoms with Gasteiger partial charge in [-0.25, -0.2) is 9.18 Å². The predicted molar refractivity (Wildman–Crippen MR) is 62.8 cm³/mol. The Labute approximate surface area is 100 Å². The Morgan fingerprint density at radius 1 is 1.33 bits per heavy atom. The van der Waals surface area contributed by atoms with Gasteiger partial charge in [-0.05, 0) is 24.3 Å². The van der Waals surface area contributed by atoms with Crippen molar-refractivity contribution in [3.8, 4) is 11.3 Å². The molecule has 0 radical (unpaired) electrons. The average Bonchev–Trinajstić information content (AvgIpc) is 2.97. The van der Waals surface area contributed by atoms with Crippen LogP contribution in [0.4, 0.5) is 4.39 Å². The van der Waals surface area contributed by atoms with Crippen LogP contribution in [0.5, 0.6) is 0 Å². The molecule has 6 heteroatoms. The molecule has 2 heterocycles. The van der Waals surface area contributed by atoms with Gasteiger partial charge in [0.05, 0.1) is 5.69 Å². The van der Waals surface area contributed by atoms with Crippen molar-refractivity contribution in [1.29, 1.82) is 0 Å². The molecule has 0 unspecified atom stereocenters. The number of carbonyl (C=O) groups is 1. The number of benzene rings is 1. The summed E-state index contributed by atoms with van der Waals surface area (Å²) in [7, 11) is 0. The van der Waals surface area contributed by atoms with Crippen molar-refractivity contribution in [3.63, 3.8) is 0 Å². The van der Waals surface area contributed by atoms with Gasteiger partial charge in [-0.2, -0.15) is 5.10 Å². The number of nitrogens with one attached hydrogen (secondary N) is 2. The second-order valence-corrected chi connectivity index (χ2v) is 3.84. The Hall–Kier alpha value is -2.63. The summed E-state index contributed by atoms with van der Waals surface area (Å²) in [4.78, 5) is 13.6. The highest BCUT2D eigenvalue weighted by Crippen LogP contribution is 2.27. The number of carboxylic acids is 1. The third-order valence-electron chi connectivity index (χ3n) is 2.75. The van der Waals surface area contributed by atoms with Crippen LogP contribution in [0.1, 0.15) is 10.5 Å². The maximum Gasteiger partial charge on any atom is 0.353 e. The van der Waals surface area contributed by atoms with E-state index in [1.165, 1.54) is 6.07 Å². The van der Waals surface area contributed by atoms with Crippen LogP contribution in [0.2, 0.25) is 0 Å². The lowest BCUT2D eigenvalue weighted by Gasteiger charge is -2.00. The molecule has 0 saturated carbocycles. The Morgan fingerprint density at radius 2 is 2.17 bits per heavy atom. The fourth-order valence-corrected chi connectivity index (χ4v) is 1.86. The highest BCUT2D eigenvalue weighted by molar-refractivity contribution is 5.89. The Balaban J connectivity index is 2.18. The van der Waals surface area contributed by atoms with Gasteiger partial charge in [0.25, 0.3) is 0 Å². The normalized spacial score (nSPS) is 10.9. The van der Waals surface area contributed by atoms with Crippen LogP contribution in [0.25, 0.3) is 22.2 Å². The van der Waals surface area contributed by atoms with Crippen LogP contribution >= 0.6 is 0 Å². The molecule has 0 saturated heterocycles. The van der Waals surface area contributed by atoms with Crippen LogP contribution in [-0.2, 0) is 0 Å². The molecule has 1 aromatic carbocycles. The molecule has 3 rings (SSSR count). The van der Waals surface area contributed by atoms with Crippen molar-refractivity contribution in [2.24, 2.45) is 0 Å². The van der Waals surface area contributed by atoms with Gasteiger partial charge in [-0.1, -0.05) is 0 Å². The zero-order chi connectivity index (χ0) is 12.7. The van der Waals surface area contributed by atoms with E-state index in [2.05, 4.69) is 15.2 Å². The molecule has 5 nitrogen and oxygen atoms in total. The minimum absolute atomic E-state index is 0.0708. The number of aromatic amines is 2. The molecular formula is C12H8FN3O2. The number of hydrogen-bond donors (Lipinski definition) is 3. The zero-order valence-electron chi connectivity index (χ0n) is 9.07. The van der Waals surface area contributed by atoms with Crippen molar-refractivity contribution in [2.75, 3.05) is 0 Å². The molecule has 0 bridgehead atoms. The van der Waals surface area contributed by atoms with E-state index in [-0.39, 0.29) is 17.0 Å². The van der Waals surface area contributed by atoms with E-state index >= 15 is 0 Å². The summed E-state index contributed by atoms with van der Waals surface area (Å²) in [5, 5.41) is 15.4. The molecule has 2 aromatic heterocycles. The van der Waals surface area contributed by atoms with Gasteiger partial charge in [0, 0.05) is 22.7 Å². The van der Waals surface area contributed by atoms with Crippen molar-refractivity contribution < 1.29 is 14.3 Å². The minimum atomic E-state index is -1.13. The van der Waals surface area contributed by atoms with E-state index < -0.39 is 11.8 Å². The van der Waals surface area contributed by atoms with E-state index in [0.717, 1.165) is 0 Å². The lowest BCUT2D eigenvalue weighted by atomic mass is 10.1. The summed E-state index contributed by atoms with van der Waals surface area (Å²) >= 11 is 0. The van der Waals surface area contributed by atoms with Gasteiger partial charge in [0.1, 0.15) is 11.5 Å². The van der Waals surface area contributed by atoms with Gasteiger partial charge in [-0.15, -0.1) is 0 Å². The maximum absolute atomic E-state index is 14.2. The fourth-order valence-electron chi connectivity index (χ4n) is 1.86. The van der Waals surface area contributed by atoms with E-state index in [1.807, 2.05) is 0 Å². The zero-order valence-corrected chi connectivity index (χ0v) is 9.07. The van der Waals surface area contributed by atoms with E-state index in [1.54, 1.807) is 24.4 Å². The second-order valence-electron chi connectivity index (χ2n) is 3.84. The second kappa shape index (κ2) is 3.69. The molecule has 3 N–H and O–H groups in total. The summed E-state index contributed by atoms with van der Waals surface area (Å²) in [5.74, 6) is -1.55. The van der Waals surface area contributed by atoms with Crippen LogP contribution in [0, 0.1) is 5.82 Å². The van der Waals surface area contributed by atoms with Gasteiger partial charge < -0.3 is 10.1 Å². The largest absolute Gasteiger partial charge is 0.477 e. The van der Waals surface area contributed by atoms with Crippen LogP contribution in [-0.4, -0.2) is 26.3 Å². The van der Waals surface area contributed by atoms with Gasteiger partial charge in [-0.3, -0.25) is 5.10 Å². The van der Waals surface area contributed by atoms with Gasteiger partial charge in [0.2, 0.25) is 0 Å². The Kier molecular flexibility index (Phi) is 2.16. The lowest BCUT2D eigenvalue weighted by molar-refractivity contribution is 0.0690. The topological polar surface area (TPSA) is 81.8 Å². The van der Waals surface area contributed by atoms with Gasteiger partial charge >= 0.3 is 5.97 Å². The highest BCUT2D eigenvalue weighted by Gasteiger charge is 2.14. The molecule has 0 aliphatic rings. The van der Waals surface area contributed by atoms with Crippen molar-refractivity contribution in [1.82, 2.24) is 15.2 Å². The summed E-state index contributed by atoms with van der Waals surface area (Å²) in [5.41, 5.74) is 1.16. The minimum Gasteiger partial charge on any atom is -0.477 e. The SMILES string of the molecule is O=C(O)c1cc(-c2ccc3[nH]ccc3c2F)n[nH]1. The molecule has 0 aliphatic carbocycles. The van der Waals surface area contributed by atoms with E-state index in [4.69, 9.17) is 5.11 Å². The Morgan fingerprint density at radius 3 is 2.89 bits per heavy atom. The summed E-state index contributed by atoms with van der Waals surface area (Å²) in [6, 6.07) is 6.22. The summed E-state index contributed by atoms with van der Waals surface area (Å²) < 4.78 is 14.2. The Bertz CT molecular complexity index is 745. The maximum atomic E-state index is 14.2. The molecule has 0 aliphatic heterocycles. The van der Waals surface area contributed by atoms with Crippen LogP contribution in [0.15, 0.2) is 30.5 Å². The number of halogens is 1. The van der Waals surface area contributed by atoms with Crippen molar-refractivity contribution >= 4 is 16.9 Å². The quantitative estimate of drug-likeness (QED) is 0.648. The molecular weight excluding hydrogens is 237 g/mol. The van der Waals surface area contributed by atoms with Crippen molar-refractivity contribution in [2.45, 2.75) is 0 Å². The first-order chi connectivity index (χ1) is 8.66. The number of aromatic nitrogens is 3. The van der Waals surface area contributed by atoms with E-state index in [9.17, 15) is 9.18 Å². The smallest absolute Gasteiger partial charge is 0.353 e. The number of carboxylic acid groups (broad SMARTS) is 1. The average molecular weight is 245 g/mol. The number of nitrogens with zero attached hydrogens (tertiary/aromatic N) is 1. The third kappa shape index (κ3) is 1.46. The first-order valence-electron chi connectivity index (χ1n) is 5.21. The number of aromatic carboxylic acids is 1. The molecule has 0 amide bonds. The standard InChI is InChI=1S/C12H8FN3O2/c13-11-6(1-2-8-7(11)3-4-14-8)9-5-10(12(17)18)16-15-9/h1-5,14H,(H,15,16)(H,17,18). The molecule has 18 heavy (non-hydrogen) atoms. The number of rotatable bonds is 2. The molecule has 3 aromatic rings. The van der Waals surface area contributed by atoms with Crippen LogP contribution < -0.4 is 0 Å². The highest BCUT2D eigenvalue weighted by atomic mass is 19.1. The van der Waals surface area contributed by atoms with Crippen molar-refractivity contribution in [3.05, 3.63) is 42.0 Å². The van der Waals surface area contributed by atoms with Crippen LogP contribution in [0.3, 0.4) is 0 Å².